The van der Waals surface area contributed by atoms with Crippen molar-refractivity contribution in [2.45, 2.75) is 19.4 Å². The average Bonchev–Trinajstić information content (AvgIpc) is 2.64. The zero-order valence-corrected chi connectivity index (χ0v) is 12.9. The van der Waals surface area contributed by atoms with Crippen LogP contribution in [0.5, 0.6) is 0 Å². The number of aryl methyl sites for hydroxylation is 1. The highest BCUT2D eigenvalue weighted by molar-refractivity contribution is 6.32. The first-order valence-corrected chi connectivity index (χ1v) is 7.59. The Labute approximate surface area is 133 Å². The molecule has 0 bridgehead atoms. The quantitative estimate of drug-likeness (QED) is 0.784. The van der Waals surface area contributed by atoms with E-state index in [1.54, 1.807) is 17.0 Å². The first-order valence-electron chi connectivity index (χ1n) is 6.83. The lowest BCUT2D eigenvalue weighted by molar-refractivity contribution is 0.0747. The standard InChI is InChI=1S/C16H14Cl2N2O/c17-13-7-8-15(18)19-14(13)10-20-9-3-5-11-4-1-2-6-12(11)16(20)21/h1-2,4,6-8H,3,5,9-10H2. The molecule has 1 aromatic carbocycles. The van der Waals surface area contributed by atoms with Crippen molar-refractivity contribution in [1.82, 2.24) is 9.88 Å². The summed E-state index contributed by atoms with van der Waals surface area (Å²) >= 11 is 12.1. The lowest BCUT2D eigenvalue weighted by atomic mass is 10.0. The Balaban J connectivity index is 1.89. The van der Waals surface area contributed by atoms with Crippen molar-refractivity contribution < 1.29 is 4.79 Å². The van der Waals surface area contributed by atoms with Crippen LogP contribution in [-0.4, -0.2) is 22.3 Å². The molecule has 3 nitrogen and oxygen atoms in total. The number of amides is 1. The van der Waals surface area contributed by atoms with Crippen molar-refractivity contribution in [2.24, 2.45) is 0 Å². The van der Waals surface area contributed by atoms with Crippen molar-refractivity contribution in [2.75, 3.05) is 6.54 Å². The van der Waals surface area contributed by atoms with E-state index in [4.69, 9.17) is 23.2 Å². The van der Waals surface area contributed by atoms with Crippen LogP contribution >= 0.6 is 23.2 Å². The van der Waals surface area contributed by atoms with E-state index in [0.717, 1.165) is 24.0 Å². The van der Waals surface area contributed by atoms with Crippen LogP contribution in [0.1, 0.15) is 28.0 Å². The number of nitrogens with zero attached hydrogens (tertiary/aromatic N) is 2. The highest BCUT2D eigenvalue weighted by Gasteiger charge is 2.23. The average molecular weight is 321 g/mol. The number of carbonyl (C=O) groups is 1. The fourth-order valence-corrected chi connectivity index (χ4v) is 2.91. The minimum Gasteiger partial charge on any atom is -0.333 e. The topological polar surface area (TPSA) is 33.2 Å². The third-order valence-electron chi connectivity index (χ3n) is 3.63. The number of hydrogen-bond donors (Lipinski definition) is 0. The van der Waals surface area contributed by atoms with E-state index in [1.165, 1.54) is 0 Å². The molecular weight excluding hydrogens is 307 g/mol. The van der Waals surface area contributed by atoms with Gasteiger partial charge in [0.2, 0.25) is 0 Å². The van der Waals surface area contributed by atoms with Crippen LogP contribution in [0.25, 0.3) is 0 Å². The van der Waals surface area contributed by atoms with Gasteiger partial charge in [-0.2, -0.15) is 0 Å². The van der Waals surface area contributed by atoms with Crippen molar-refractivity contribution in [3.63, 3.8) is 0 Å². The zero-order chi connectivity index (χ0) is 14.8. The lowest BCUT2D eigenvalue weighted by Gasteiger charge is -2.21. The molecule has 0 spiro atoms. The summed E-state index contributed by atoms with van der Waals surface area (Å²) in [6, 6.07) is 11.1. The molecule has 0 N–H and O–H groups in total. The van der Waals surface area contributed by atoms with Crippen LogP contribution in [0.15, 0.2) is 36.4 Å². The van der Waals surface area contributed by atoms with E-state index in [1.807, 2.05) is 24.3 Å². The molecule has 2 aromatic rings. The molecule has 1 amide bonds. The molecule has 0 saturated heterocycles. The maximum Gasteiger partial charge on any atom is 0.254 e. The number of benzene rings is 1. The molecule has 0 fully saturated rings. The van der Waals surface area contributed by atoms with Gasteiger partial charge in [-0.05, 0) is 36.6 Å². The van der Waals surface area contributed by atoms with Gasteiger partial charge in [0.05, 0.1) is 17.3 Å². The Bertz CT molecular complexity index is 688. The van der Waals surface area contributed by atoms with Crippen molar-refractivity contribution in [1.29, 1.82) is 0 Å². The Morgan fingerprint density at radius 2 is 1.95 bits per heavy atom. The summed E-state index contributed by atoms with van der Waals surface area (Å²) in [4.78, 5) is 18.7. The van der Waals surface area contributed by atoms with E-state index in [2.05, 4.69) is 4.98 Å². The van der Waals surface area contributed by atoms with Crippen molar-refractivity contribution >= 4 is 29.1 Å². The molecule has 108 valence electrons. The minimum atomic E-state index is 0.0287. The molecule has 1 aromatic heterocycles. The van der Waals surface area contributed by atoms with Crippen molar-refractivity contribution in [3.8, 4) is 0 Å². The molecule has 1 aliphatic rings. The van der Waals surface area contributed by atoms with Gasteiger partial charge in [0.1, 0.15) is 5.15 Å². The van der Waals surface area contributed by atoms with Gasteiger partial charge in [-0.1, -0.05) is 41.4 Å². The molecule has 0 radical (unpaired) electrons. The third kappa shape index (κ3) is 3.04. The van der Waals surface area contributed by atoms with Crippen LogP contribution in [0, 0.1) is 0 Å². The zero-order valence-electron chi connectivity index (χ0n) is 11.4. The molecule has 0 atom stereocenters. The first kappa shape index (κ1) is 14.4. The number of halogens is 2. The van der Waals surface area contributed by atoms with E-state index in [0.29, 0.717) is 29.0 Å². The van der Waals surface area contributed by atoms with E-state index in [9.17, 15) is 4.79 Å². The van der Waals surface area contributed by atoms with Gasteiger partial charge in [0, 0.05) is 12.1 Å². The van der Waals surface area contributed by atoms with Gasteiger partial charge in [0.25, 0.3) is 5.91 Å². The number of hydrogen-bond acceptors (Lipinski definition) is 2. The SMILES string of the molecule is O=C1c2ccccc2CCCN1Cc1nc(Cl)ccc1Cl. The molecular formula is C16H14Cl2N2O. The van der Waals surface area contributed by atoms with Crippen LogP contribution in [0.4, 0.5) is 0 Å². The maximum atomic E-state index is 12.7. The second-order valence-corrected chi connectivity index (χ2v) is 5.84. The highest BCUT2D eigenvalue weighted by Crippen LogP contribution is 2.23. The lowest BCUT2D eigenvalue weighted by Crippen LogP contribution is -2.30. The fraction of sp³-hybridized carbons (Fsp3) is 0.250. The predicted octanol–water partition coefficient (Wildman–Crippen LogP) is 3.98. The summed E-state index contributed by atoms with van der Waals surface area (Å²) in [5, 5.41) is 0.918. The fourth-order valence-electron chi connectivity index (χ4n) is 2.58. The van der Waals surface area contributed by atoms with E-state index < -0.39 is 0 Å². The summed E-state index contributed by atoms with van der Waals surface area (Å²) in [5.41, 5.74) is 2.51. The summed E-state index contributed by atoms with van der Waals surface area (Å²) in [6.07, 6.45) is 1.84. The Hall–Kier alpha value is -1.58. The Morgan fingerprint density at radius 1 is 1.14 bits per heavy atom. The molecule has 0 saturated carbocycles. The highest BCUT2D eigenvalue weighted by atomic mass is 35.5. The largest absolute Gasteiger partial charge is 0.333 e. The normalized spacial score (nSPS) is 14.8. The summed E-state index contributed by atoms with van der Waals surface area (Å²) in [5.74, 6) is 0.0287. The number of pyridine rings is 1. The number of fused-ring (bicyclic) bond motifs is 1. The summed E-state index contributed by atoms with van der Waals surface area (Å²) in [6.45, 7) is 1.07. The second-order valence-electron chi connectivity index (χ2n) is 5.05. The smallest absolute Gasteiger partial charge is 0.254 e. The first-order chi connectivity index (χ1) is 10.1. The van der Waals surface area contributed by atoms with Gasteiger partial charge < -0.3 is 4.90 Å². The molecule has 0 unspecified atom stereocenters. The molecule has 1 aliphatic heterocycles. The van der Waals surface area contributed by atoms with Gasteiger partial charge >= 0.3 is 0 Å². The second kappa shape index (κ2) is 6.04. The molecule has 3 rings (SSSR count). The Morgan fingerprint density at radius 3 is 2.81 bits per heavy atom. The molecule has 2 heterocycles. The van der Waals surface area contributed by atoms with E-state index in [-0.39, 0.29) is 5.91 Å². The monoisotopic (exact) mass is 320 g/mol. The third-order valence-corrected chi connectivity index (χ3v) is 4.19. The molecule has 5 heteroatoms. The van der Waals surface area contributed by atoms with Crippen molar-refractivity contribution in [3.05, 3.63) is 63.4 Å². The van der Waals surface area contributed by atoms with Gasteiger partial charge in [-0.15, -0.1) is 0 Å². The van der Waals surface area contributed by atoms with Crippen LogP contribution in [0.3, 0.4) is 0 Å². The number of rotatable bonds is 2. The van der Waals surface area contributed by atoms with Crippen LogP contribution in [0.2, 0.25) is 10.2 Å². The maximum absolute atomic E-state index is 12.7. The summed E-state index contributed by atoms with van der Waals surface area (Å²) < 4.78 is 0. The molecule has 21 heavy (non-hydrogen) atoms. The number of carbonyl (C=O) groups excluding carboxylic acids is 1. The van der Waals surface area contributed by atoms with Gasteiger partial charge in [0.15, 0.2) is 0 Å². The Kier molecular flexibility index (Phi) is 4.13. The van der Waals surface area contributed by atoms with E-state index >= 15 is 0 Å². The van der Waals surface area contributed by atoms with Crippen LogP contribution < -0.4 is 0 Å². The van der Waals surface area contributed by atoms with Gasteiger partial charge in [-0.3, -0.25) is 4.79 Å². The minimum absolute atomic E-state index is 0.0287. The predicted molar refractivity (Wildman–Crippen MR) is 83.8 cm³/mol. The summed E-state index contributed by atoms with van der Waals surface area (Å²) in [7, 11) is 0. The molecule has 0 aliphatic carbocycles. The van der Waals surface area contributed by atoms with Crippen LogP contribution in [-0.2, 0) is 13.0 Å². The number of aromatic nitrogens is 1. The van der Waals surface area contributed by atoms with Gasteiger partial charge in [-0.25, -0.2) is 4.98 Å².